The first-order valence-electron chi connectivity index (χ1n) is 12.4. The number of hydrogen-bond donors (Lipinski definition) is 0. The Bertz CT molecular complexity index is 939. The van der Waals surface area contributed by atoms with Gasteiger partial charge in [0.15, 0.2) is 5.82 Å². The number of benzene rings is 2. The smallest absolute Gasteiger partial charge is 0.159 e. The molecule has 0 radical (unpaired) electrons. The van der Waals surface area contributed by atoms with Crippen molar-refractivity contribution in [3.8, 4) is 28.3 Å². The van der Waals surface area contributed by atoms with E-state index in [1.165, 1.54) is 37.7 Å². The number of nitrogens with zero attached hydrogens (tertiary/aromatic N) is 2. The van der Waals surface area contributed by atoms with E-state index in [0.717, 1.165) is 29.5 Å². The van der Waals surface area contributed by atoms with Crippen molar-refractivity contribution < 1.29 is 9.13 Å². The fourth-order valence-corrected chi connectivity index (χ4v) is 3.72. The van der Waals surface area contributed by atoms with Crippen molar-refractivity contribution in [3.63, 3.8) is 0 Å². The molecule has 2 aromatic carbocycles. The van der Waals surface area contributed by atoms with Crippen LogP contribution in [0.3, 0.4) is 0 Å². The summed E-state index contributed by atoms with van der Waals surface area (Å²) in [7, 11) is 0. The lowest BCUT2D eigenvalue weighted by Gasteiger charge is -2.15. The van der Waals surface area contributed by atoms with Crippen molar-refractivity contribution in [3.05, 3.63) is 66.5 Å². The van der Waals surface area contributed by atoms with Gasteiger partial charge in [-0.1, -0.05) is 77.1 Å². The monoisotopic (exact) mass is 448 g/mol. The third kappa shape index (κ3) is 7.66. The van der Waals surface area contributed by atoms with E-state index in [1.807, 2.05) is 50.5 Å². The maximum absolute atomic E-state index is 14.0. The molecular formula is C29H37FN2O. The van der Waals surface area contributed by atoms with E-state index in [2.05, 4.69) is 41.2 Å². The van der Waals surface area contributed by atoms with Crippen LogP contribution in [0, 0.1) is 5.92 Å². The molecule has 3 rings (SSSR count). The second-order valence-electron chi connectivity index (χ2n) is 8.89. The Balaban J connectivity index is 1.54. The lowest BCUT2D eigenvalue weighted by Crippen LogP contribution is -2.20. The molecule has 0 spiro atoms. The molecule has 0 amide bonds. The Hall–Kier alpha value is -2.75. The van der Waals surface area contributed by atoms with Gasteiger partial charge in [-0.2, -0.15) is 0 Å². The third-order valence-electron chi connectivity index (χ3n) is 6.29. The standard InChI is InChI=1S/C29H37FN2O/c1-4-6-7-8-9-10-23-11-13-24(14-12-23)26-19-31-29(32-20-26)25-15-17-27(18-16-25)33-21-28(30)22(3)5-2/h11-20,22,28H,4-10,21H2,1-3H3. The molecule has 1 heterocycles. The second kappa shape index (κ2) is 13.1. The number of rotatable bonds is 13. The number of aromatic nitrogens is 2. The zero-order chi connectivity index (χ0) is 23.5. The van der Waals surface area contributed by atoms with E-state index in [4.69, 9.17) is 4.74 Å². The number of halogens is 1. The number of ether oxygens (including phenoxy) is 1. The predicted molar refractivity (Wildman–Crippen MR) is 135 cm³/mol. The molecule has 0 aliphatic rings. The minimum atomic E-state index is -0.953. The molecule has 2 atom stereocenters. The van der Waals surface area contributed by atoms with Crippen molar-refractivity contribution >= 4 is 0 Å². The van der Waals surface area contributed by atoms with Crippen LogP contribution in [0.5, 0.6) is 5.75 Å². The van der Waals surface area contributed by atoms with Crippen molar-refractivity contribution in [2.45, 2.75) is 71.9 Å². The molecule has 33 heavy (non-hydrogen) atoms. The molecule has 2 unspecified atom stereocenters. The van der Waals surface area contributed by atoms with Crippen LogP contribution in [0.1, 0.15) is 64.9 Å². The third-order valence-corrected chi connectivity index (χ3v) is 6.29. The summed E-state index contributed by atoms with van der Waals surface area (Å²) < 4.78 is 19.6. The summed E-state index contributed by atoms with van der Waals surface area (Å²) in [5.74, 6) is 1.33. The molecule has 0 saturated heterocycles. The van der Waals surface area contributed by atoms with Crippen LogP contribution in [-0.4, -0.2) is 22.7 Å². The van der Waals surface area contributed by atoms with Gasteiger partial charge in [0.05, 0.1) is 0 Å². The van der Waals surface area contributed by atoms with Crippen LogP contribution in [-0.2, 0) is 6.42 Å². The molecule has 3 aromatic rings. The molecule has 0 fully saturated rings. The minimum Gasteiger partial charge on any atom is -0.491 e. The highest BCUT2D eigenvalue weighted by Crippen LogP contribution is 2.23. The van der Waals surface area contributed by atoms with Crippen LogP contribution >= 0.6 is 0 Å². The zero-order valence-corrected chi connectivity index (χ0v) is 20.3. The number of alkyl halides is 1. The summed E-state index contributed by atoms with van der Waals surface area (Å²) in [6.45, 7) is 6.22. The summed E-state index contributed by atoms with van der Waals surface area (Å²) in [5.41, 5.74) is 4.43. The summed E-state index contributed by atoms with van der Waals surface area (Å²) >= 11 is 0. The van der Waals surface area contributed by atoms with Gasteiger partial charge in [0.2, 0.25) is 0 Å². The molecule has 0 aliphatic carbocycles. The summed E-state index contributed by atoms with van der Waals surface area (Å²) in [6, 6.07) is 16.3. The fraction of sp³-hybridized carbons (Fsp3) is 0.448. The van der Waals surface area contributed by atoms with Gasteiger partial charge in [-0.05, 0) is 54.2 Å². The Morgan fingerprint density at radius 3 is 2.06 bits per heavy atom. The first-order valence-corrected chi connectivity index (χ1v) is 12.4. The Morgan fingerprint density at radius 1 is 0.788 bits per heavy atom. The van der Waals surface area contributed by atoms with Gasteiger partial charge in [0.1, 0.15) is 18.5 Å². The van der Waals surface area contributed by atoms with Crippen LogP contribution in [0.2, 0.25) is 0 Å². The van der Waals surface area contributed by atoms with Gasteiger partial charge < -0.3 is 4.74 Å². The van der Waals surface area contributed by atoms with Crippen molar-refractivity contribution in [1.82, 2.24) is 9.97 Å². The average molecular weight is 449 g/mol. The van der Waals surface area contributed by atoms with Crippen LogP contribution in [0.15, 0.2) is 60.9 Å². The summed E-state index contributed by atoms with van der Waals surface area (Å²) in [4.78, 5) is 9.10. The van der Waals surface area contributed by atoms with Crippen molar-refractivity contribution in [2.75, 3.05) is 6.61 Å². The molecule has 3 nitrogen and oxygen atoms in total. The number of unbranched alkanes of at least 4 members (excludes halogenated alkanes) is 4. The topological polar surface area (TPSA) is 35.0 Å². The highest BCUT2D eigenvalue weighted by Gasteiger charge is 2.15. The maximum atomic E-state index is 14.0. The average Bonchev–Trinajstić information content (AvgIpc) is 2.87. The molecule has 4 heteroatoms. The van der Waals surface area contributed by atoms with Crippen LogP contribution < -0.4 is 4.74 Å². The van der Waals surface area contributed by atoms with E-state index in [1.54, 1.807) is 0 Å². The normalized spacial score (nSPS) is 13.0. The minimum absolute atomic E-state index is 0.00272. The molecular weight excluding hydrogens is 411 g/mol. The maximum Gasteiger partial charge on any atom is 0.159 e. The SMILES string of the molecule is CCCCCCCc1ccc(-c2cnc(-c3ccc(OCC(F)C(C)CC)cc3)nc2)cc1. The summed E-state index contributed by atoms with van der Waals surface area (Å²) in [6.07, 6.45) is 11.3. The molecule has 0 aliphatic heterocycles. The Labute approximate surface area is 198 Å². The lowest BCUT2D eigenvalue weighted by molar-refractivity contribution is 0.145. The predicted octanol–water partition coefficient (Wildman–Crippen LogP) is 8.09. The zero-order valence-electron chi connectivity index (χ0n) is 20.3. The van der Waals surface area contributed by atoms with Gasteiger partial charge in [0.25, 0.3) is 0 Å². The van der Waals surface area contributed by atoms with Crippen molar-refractivity contribution in [1.29, 1.82) is 0 Å². The van der Waals surface area contributed by atoms with Gasteiger partial charge >= 0.3 is 0 Å². The Morgan fingerprint density at radius 2 is 1.42 bits per heavy atom. The quantitative estimate of drug-likeness (QED) is 0.248. The number of aryl methyl sites for hydroxylation is 1. The molecule has 1 aromatic heterocycles. The number of hydrogen-bond acceptors (Lipinski definition) is 3. The van der Waals surface area contributed by atoms with E-state index < -0.39 is 6.17 Å². The van der Waals surface area contributed by atoms with Crippen LogP contribution in [0.4, 0.5) is 4.39 Å². The molecule has 0 N–H and O–H groups in total. The molecule has 0 saturated carbocycles. The van der Waals surface area contributed by atoms with Gasteiger partial charge in [-0.3, -0.25) is 0 Å². The second-order valence-corrected chi connectivity index (χ2v) is 8.89. The molecule has 176 valence electrons. The van der Waals surface area contributed by atoms with Gasteiger partial charge in [0, 0.05) is 23.5 Å². The summed E-state index contributed by atoms with van der Waals surface area (Å²) in [5, 5.41) is 0. The highest BCUT2D eigenvalue weighted by atomic mass is 19.1. The van der Waals surface area contributed by atoms with Crippen molar-refractivity contribution in [2.24, 2.45) is 5.92 Å². The van der Waals surface area contributed by atoms with E-state index >= 15 is 0 Å². The molecule has 0 bridgehead atoms. The van der Waals surface area contributed by atoms with E-state index in [9.17, 15) is 4.39 Å². The lowest BCUT2D eigenvalue weighted by atomic mass is 10.0. The van der Waals surface area contributed by atoms with E-state index in [0.29, 0.717) is 11.6 Å². The highest BCUT2D eigenvalue weighted by molar-refractivity contribution is 5.64. The largest absolute Gasteiger partial charge is 0.491 e. The first kappa shape index (κ1) is 24.9. The first-order chi connectivity index (χ1) is 16.1. The van der Waals surface area contributed by atoms with Gasteiger partial charge in [-0.15, -0.1) is 0 Å². The fourth-order valence-electron chi connectivity index (χ4n) is 3.72. The van der Waals surface area contributed by atoms with Gasteiger partial charge in [-0.25, -0.2) is 14.4 Å². The van der Waals surface area contributed by atoms with Crippen LogP contribution in [0.25, 0.3) is 22.5 Å². The Kier molecular flexibility index (Phi) is 9.86. The van der Waals surface area contributed by atoms with E-state index in [-0.39, 0.29) is 12.5 Å².